The molecule has 0 saturated heterocycles. The summed E-state index contributed by atoms with van der Waals surface area (Å²) in [4.78, 5) is 11.5. The van der Waals surface area contributed by atoms with Crippen molar-refractivity contribution in [2.45, 2.75) is 31.6 Å². The maximum atomic E-state index is 11.5. The highest BCUT2D eigenvalue weighted by Gasteiger charge is 2.47. The van der Waals surface area contributed by atoms with Crippen molar-refractivity contribution in [1.82, 2.24) is 0 Å². The largest absolute Gasteiger partial charge is 0.495 e. The van der Waals surface area contributed by atoms with Crippen molar-refractivity contribution in [1.29, 1.82) is 0 Å². The lowest BCUT2D eigenvalue weighted by atomic mass is 9.64. The summed E-state index contributed by atoms with van der Waals surface area (Å²) in [6.45, 7) is 1.95. The average molecular weight is 299 g/mol. The van der Waals surface area contributed by atoms with Gasteiger partial charge < -0.3 is 9.84 Å². The zero-order chi connectivity index (χ0) is 12.6. The molecule has 1 saturated carbocycles. The number of rotatable bonds is 3. The minimum Gasteiger partial charge on any atom is -0.495 e. The topological polar surface area (TPSA) is 46.5 Å². The van der Waals surface area contributed by atoms with Crippen molar-refractivity contribution in [3.63, 3.8) is 0 Å². The summed E-state index contributed by atoms with van der Waals surface area (Å²) >= 11 is 3.48. The third-order valence-electron chi connectivity index (χ3n) is 3.63. The molecule has 1 fully saturated rings. The van der Waals surface area contributed by atoms with Crippen molar-refractivity contribution in [3.8, 4) is 5.75 Å². The first-order valence-electron chi connectivity index (χ1n) is 5.60. The Morgan fingerprint density at radius 1 is 1.47 bits per heavy atom. The number of hydrogen-bond donors (Lipinski definition) is 1. The second kappa shape index (κ2) is 4.33. The summed E-state index contributed by atoms with van der Waals surface area (Å²) in [6.07, 6.45) is 2.37. The van der Waals surface area contributed by atoms with Gasteiger partial charge in [-0.25, -0.2) is 0 Å². The van der Waals surface area contributed by atoms with Crippen molar-refractivity contribution >= 4 is 21.9 Å². The molecule has 0 aliphatic heterocycles. The zero-order valence-corrected chi connectivity index (χ0v) is 11.5. The number of methoxy groups -OCH3 is 1. The molecule has 0 radical (unpaired) electrons. The van der Waals surface area contributed by atoms with Crippen molar-refractivity contribution < 1.29 is 14.6 Å². The van der Waals surface area contributed by atoms with E-state index < -0.39 is 11.4 Å². The molecule has 0 amide bonds. The predicted molar refractivity (Wildman–Crippen MR) is 68.6 cm³/mol. The molecule has 0 spiro atoms. The number of hydrogen-bond acceptors (Lipinski definition) is 2. The van der Waals surface area contributed by atoms with Gasteiger partial charge in [0.15, 0.2) is 0 Å². The van der Waals surface area contributed by atoms with E-state index in [1.54, 1.807) is 7.11 Å². The molecule has 1 aliphatic carbocycles. The molecule has 0 bridgehead atoms. The van der Waals surface area contributed by atoms with E-state index in [1.807, 2.05) is 19.1 Å². The molecule has 92 valence electrons. The summed E-state index contributed by atoms with van der Waals surface area (Å²) in [7, 11) is 1.60. The Bertz CT molecular complexity index is 464. The van der Waals surface area contributed by atoms with Crippen molar-refractivity contribution in [2.75, 3.05) is 7.11 Å². The number of carboxylic acid groups (broad SMARTS) is 1. The van der Waals surface area contributed by atoms with Crippen LogP contribution in [0, 0.1) is 6.92 Å². The second-order valence-electron chi connectivity index (χ2n) is 4.52. The van der Waals surface area contributed by atoms with Crippen molar-refractivity contribution in [3.05, 3.63) is 27.7 Å². The summed E-state index contributed by atoms with van der Waals surface area (Å²) in [6, 6.07) is 3.82. The SMILES string of the molecule is COc1c(C)ccc(C2(C(=O)O)CCC2)c1Br. The number of aliphatic carboxylic acids is 1. The van der Waals surface area contributed by atoms with Crippen molar-refractivity contribution in [2.24, 2.45) is 0 Å². The van der Waals surface area contributed by atoms with Gasteiger partial charge in [-0.1, -0.05) is 18.6 Å². The Kier molecular flexibility index (Phi) is 3.17. The van der Waals surface area contributed by atoms with Gasteiger partial charge in [-0.15, -0.1) is 0 Å². The van der Waals surface area contributed by atoms with Crippen LogP contribution in [0.2, 0.25) is 0 Å². The molecule has 0 atom stereocenters. The van der Waals surface area contributed by atoms with Gasteiger partial charge in [0, 0.05) is 0 Å². The van der Waals surface area contributed by atoms with Gasteiger partial charge in [0.2, 0.25) is 0 Å². The number of benzene rings is 1. The quantitative estimate of drug-likeness (QED) is 0.931. The molecular formula is C13H15BrO3. The Hall–Kier alpha value is -1.03. The van der Waals surface area contributed by atoms with Crippen LogP contribution in [0.5, 0.6) is 5.75 Å². The molecular weight excluding hydrogens is 284 g/mol. The molecule has 17 heavy (non-hydrogen) atoms. The molecule has 0 aromatic heterocycles. The lowest BCUT2D eigenvalue weighted by molar-refractivity contribution is -0.147. The third kappa shape index (κ3) is 1.75. The normalized spacial score (nSPS) is 17.4. The van der Waals surface area contributed by atoms with Gasteiger partial charge in [0.05, 0.1) is 17.0 Å². The Morgan fingerprint density at radius 3 is 2.53 bits per heavy atom. The first-order valence-corrected chi connectivity index (χ1v) is 6.39. The van der Waals surface area contributed by atoms with Crippen LogP contribution in [0.1, 0.15) is 30.4 Å². The lowest BCUT2D eigenvalue weighted by Gasteiger charge is -2.39. The van der Waals surface area contributed by atoms with Crippen LogP contribution in [0.15, 0.2) is 16.6 Å². The van der Waals surface area contributed by atoms with Gasteiger partial charge in [-0.3, -0.25) is 4.79 Å². The summed E-state index contributed by atoms with van der Waals surface area (Å²) in [5.41, 5.74) is 1.11. The maximum absolute atomic E-state index is 11.5. The fourth-order valence-corrected chi connectivity index (χ4v) is 3.39. The van der Waals surface area contributed by atoms with E-state index in [0.29, 0.717) is 12.8 Å². The first-order chi connectivity index (χ1) is 8.03. The molecule has 1 aromatic rings. The maximum Gasteiger partial charge on any atom is 0.314 e. The van der Waals surface area contributed by atoms with Crippen LogP contribution >= 0.6 is 15.9 Å². The molecule has 3 nitrogen and oxygen atoms in total. The molecule has 1 N–H and O–H groups in total. The highest BCUT2D eigenvalue weighted by Crippen LogP contribution is 2.49. The van der Waals surface area contributed by atoms with Gasteiger partial charge in [-0.2, -0.15) is 0 Å². The average Bonchev–Trinajstić information content (AvgIpc) is 2.20. The highest BCUT2D eigenvalue weighted by molar-refractivity contribution is 9.10. The van der Waals surface area contributed by atoms with E-state index >= 15 is 0 Å². The zero-order valence-electron chi connectivity index (χ0n) is 9.92. The third-order valence-corrected chi connectivity index (χ3v) is 4.42. The van der Waals surface area contributed by atoms with E-state index in [9.17, 15) is 9.90 Å². The van der Waals surface area contributed by atoms with Crippen LogP contribution in [-0.2, 0) is 10.2 Å². The second-order valence-corrected chi connectivity index (χ2v) is 5.31. The Labute approximate surface area is 109 Å². The monoisotopic (exact) mass is 298 g/mol. The molecule has 2 rings (SSSR count). The number of ether oxygens (including phenoxy) is 1. The van der Waals surface area contributed by atoms with Gasteiger partial charge in [0.1, 0.15) is 5.75 Å². The number of carbonyl (C=O) groups is 1. The minimum atomic E-state index is -0.740. The highest BCUT2D eigenvalue weighted by atomic mass is 79.9. The smallest absolute Gasteiger partial charge is 0.314 e. The van der Waals surface area contributed by atoms with Crippen LogP contribution in [0.25, 0.3) is 0 Å². The Balaban J connectivity index is 2.56. The number of carboxylic acids is 1. The van der Waals surface area contributed by atoms with E-state index in [-0.39, 0.29) is 0 Å². The fourth-order valence-electron chi connectivity index (χ4n) is 2.40. The summed E-state index contributed by atoms with van der Waals surface area (Å²) < 4.78 is 6.10. The minimum absolute atomic E-state index is 0.702. The van der Waals surface area contributed by atoms with E-state index in [1.165, 1.54) is 0 Å². The van der Waals surface area contributed by atoms with E-state index in [2.05, 4.69) is 15.9 Å². The van der Waals surface area contributed by atoms with Gasteiger partial charge in [0.25, 0.3) is 0 Å². The summed E-state index contributed by atoms with van der Waals surface area (Å²) in [5.74, 6) is -0.00891. The summed E-state index contributed by atoms with van der Waals surface area (Å²) in [5, 5.41) is 9.43. The molecule has 0 unspecified atom stereocenters. The lowest BCUT2D eigenvalue weighted by Crippen LogP contribution is -2.42. The molecule has 4 heteroatoms. The predicted octanol–water partition coefficient (Wildman–Crippen LogP) is 3.27. The number of halogens is 1. The molecule has 1 aliphatic rings. The molecule has 1 aromatic carbocycles. The fraction of sp³-hybridized carbons (Fsp3) is 0.462. The molecule has 0 heterocycles. The standard InChI is InChI=1S/C13H15BrO3/c1-8-4-5-9(10(14)11(8)17-2)13(12(15)16)6-3-7-13/h4-5H,3,6-7H2,1-2H3,(H,15,16). The Morgan fingerprint density at radius 2 is 2.12 bits per heavy atom. The number of aryl methyl sites for hydroxylation is 1. The van der Waals surface area contributed by atoms with Crippen LogP contribution in [-0.4, -0.2) is 18.2 Å². The van der Waals surface area contributed by atoms with Crippen LogP contribution in [0.4, 0.5) is 0 Å². The van der Waals surface area contributed by atoms with Crippen LogP contribution < -0.4 is 4.74 Å². The van der Waals surface area contributed by atoms with Gasteiger partial charge >= 0.3 is 5.97 Å². The van der Waals surface area contributed by atoms with Gasteiger partial charge in [-0.05, 0) is 46.8 Å². The first kappa shape index (κ1) is 12.4. The van der Waals surface area contributed by atoms with E-state index in [4.69, 9.17) is 4.74 Å². The van der Waals surface area contributed by atoms with Crippen LogP contribution in [0.3, 0.4) is 0 Å². The van der Waals surface area contributed by atoms with E-state index in [0.717, 1.165) is 27.8 Å².